The van der Waals surface area contributed by atoms with Gasteiger partial charge in [0, 0.05) is 6.54 Å². The van der Waals surface area contributed by atoms with Gasteiger partial charge in [-0.05, 0) is 13.0 Å². The van der Waals surface area contributed by atoms with Crippen molar-refractivity contribution in [1.29, 1.82) is 0 Å². The first-order chi connectivity index (χ1) is 5.64. The smallest absolute Gasteiger partial charge is 0.337 e. The van der Waals surface area contributed by atoms with Gasteiger partial charge in [-0.3, -0.25) is 4.57 Å². The molecule has 12 heavy (non-hydrogen) atoms. The molecule has 0 spiro atoms. The van der Waals surface area contributed by atoms with Crippen LogP contribution in [0.1, 0.15) is 26.2 Å². The van der Waals surface area contributed by atoms with E-state index in [-0.39, 0.29) is 9.84 Å². The zero-order chi connectivity index (χ0) is 9.03. The summed E-state index contributed by atoms with van der Waals surface area (Å²) in [5.74, 6) is 0. The third kappa shape index (κ3) is 3.25. The Morgan fingerprint density at radius 1 is 1.33 bits per heavy atom. The third-order valence-corrected chi connectivity index (χ3v) is 4.80. The zero-order valence-corrected chi connectivity index (χ0v) is 10.3. The van der Waals surface area contributed by atoms with Gasteiger partial charge in [0.05, 0.1) is 20.6 Å². The van der Waals surface area contributed by atoms with Crippen LogP contribution in [0.5, 0.6) is 0 Å². The molecule has 1 saturated heterocycles. The minimum Gasteiger partial charge on any atom is -0.380 e. The maximum Gasteiger partial charge on any atom is 0.337 e. The average Bonchev–Trinajstić information content (AvgIpc) is 2.31. The second kappa shape index (κ2) is 4.39. The highest BCUT2D eigenvalue weighted by Gasteiger charge is 2.28. The molecule has 0 N–H and O–H groups in total. The van der Waals surface area contributed by atoms with Crippen LogP contribution in [0.4, 0.5) is 0 Å². The molecule has 0 aromatic carbocycles. The SMILES string of the molecule is CCCCCN1CC[N+](C)(C)[SiH2]1. The number of nitrogens with zero attached hydrogens (tertiary/aromatic N) is 2. The van der Waals surface area contributed by atoms with Gasteiger partial charge in [0.1, 0.15) is 0 Å². The van der Waals surface area contributed by atoms with Gasteiger partial charge in [0.2, 0.25) is 0 Å². The molecule has 0 aromatic heterocycles. The first kappa shape index (κ1) is 10.2. The standard InChI is InChI=1S/C9H23N2Si/c1-4-5-6-7-10-8-9-11(2,3)12-10/h4-9,12H2,1-3H3/q+1. The Labute approximate surface area is 79.1 Å². The molecule has 0 aromatic rings. The number of likely N-dealkylation sites (N-methyl/N-ethyl adjacent to an activating group) is 1. The van der Waals surface area contributed by atoms with E-state index >= 15 is 0 Å². The van der Waals surface area contributed by atoms with E-state index in [9.17, 15) is 0 Å². The van der Waals surface area contributed by atoms with Gasteiger partial charge in [0.25, 0.3) is 0 Å². The Balaban J connectivity index is 2.11. The Bertz CT molecular complexity index is 136. The lowest BCUT2D eigenvalue weighted by Crippen LogP contribution is -2.42. The van der Waals surface area contributed by atoms with Gasteiger partial charge >= 0.3 is 9.84 Å². The summed E-state index contributed by atoms with van der Waals surface area (Å²) < 4.78 is 4.06. The molecular formula is C9H23N2Si+. The van der Waals surface area contributed by atoms with E-state index in [1.54, 1.807) is 0 Å². The highest BCUT2D eigenvalue weighted by atomic mass is 28.2. The maximum absolute atomic E-state index is 2.73. The van der Waals surface area contributed by atoms with Crippen molar-refractivity contribution in [2.45, 2.75) is 26.2 Å². The molecule has 0 saturated carbocycles. The van der Waals surface area contributed by atoms with Crippen molar-refractivity contribution >= 4 is 9.84 Å². The van der Waals surface area contributed by atoms with Crippen molar-refractivity contribution in [3.05, 3.63) is 0 Å². The van der Waals surface area contributed by atoms with Crippen molar-refractivity contribution in [3.8, 4) is 0 Å². The van der Waals surface area contributed by atoms with E-state index in [2.05, 4.69) is 25.6 Å². The van der Waals surface area contributed by atoms with E-state index in [0.29, 0.717) is 0 Å². The molecule has 1 rings (SSSR count). The van der Waals surface area contributed by atoms with Crippen molar-refractivity contribution < 1.29 is 4.15 Å². The van der Waals surface area contributed by atoms with Crippen molar-refractivity contribution in [2.24, 2.45) is 0 Å². The van der Waals surface area contributed by atoms with Crippen LogP contribution >= 0.6 is 0 Å². The quantitative estimate of drug-likeness (QED) is 0.459. The highest BCUT2D eigenvalue weighted by Crippen LogP contribution is 2.08. The molecule has 2 nitrogen and oxygen atoms in total. The van der Waals surface area contributed by atoms with E-state index in [4.69, 9.17) is 0 Å². The molecule has 0 bridgehead atoms. The number of quaternary nitrogens is 1. The van der Waals surface area contributed by atoms with Gasteiger partial charge in [-0.25, -0.2) is 0 Å². The van der Waals surface area contributed by atoms with Crippen LogP contribution in [0.2, 0.25) is 0 Å². The third-order valence-electron chi connectivity index (χ3n) is 2.68. The van der Waals surface area contributed by atoms with E-state index in [1.165, 1.54) is 43.0 Å². The monoisotopic (exact) mass is 187 g/mol. The Morgan fingerprint density at radius 3 is 2.58 bits per heavy atom. The van der Waals surface area contributed by atoms with Crippen LogP contribution < -0.4 is 0 Å². The maximum atomic E-state index is 2.73. The summed E-state index contributed by atoms with van der Waals surface area (Å²) in [6.07, 6.45) is 4.19. The number of unbranched alkanes of at least 4 members (excludes halogenated alkanes) is 2. The second-order valence-corrected chi connectivity index (χ2v) is 7.52. The van der Waals surface area contributed by atoms with E-state index < -0.39 is 0 Å². The summed E-state index contributed by atoms with van der Waals surface area (Å²) in [4.78, 5) is 0. The van der Waals surface area contributed by atoms with Crippen LogP contribution in [0, 0.1) is 0 Å². The molecule has 72 valence electrons. The van der Waals surface area contributed by atoms with Gasteiger partial charge in [0.15, 0.2) is 0 Å². The molecular weight excluding hydrogens is 164 g/mol. The summed E-state index contributed by atoms with van der Waals surface area (Å²) in [5.41, 5.74) is 0. The van der Waals surface area contributed by atoms with Crippen LogP contribution in [0.15, 0.2) is 0 Å². The summed E-state index contributed by atoms with van der Waals surface area (Å²) in [6.45, 7) is 6.41. The number of rotatable bonds is 4. The lowest BCUT2D eigenvalue weighted by atomic mass is 10.2. The molecule has 1 heterocycles. The van der Waals surface area contributed by atoms with Gasteiger partial charge < -0.3 is 4.15 Å². The fraction of sp³-hybridized carbons (Fsp3) is 1.00. The Hall–Kier alpha value is 0.137. The van der Waals surface area contributed by atoms with Gasteiger partial charge in [-0.15, -0.1) is 0 Å². The molecule has 1 aliphatic heterocycles. The minimum atomic E-state index is 0.0280. The molecule has 1 fully saturated rings. The normalized spacial score (nSPS) is 25.2. The predicted octanol–water partition coefficient (Wildman–Crippen LogP) is 0.567. The topological polar surface area (TPSA) is 3.24 Å². The van der Waals surface area contributed by atoms with Crippen molar-refractivity contribution in [1.82, 2.24) is 4.57 Å². The Kier molecular flexibility index (Phi) is 3.74. The molecule has 0 amide bonds. The van der Waals surface area contributed by atoms with Crippen molar-refractivity contribution in [2.75, 3.05) is 33.7 Å². The van der Waals surface area contributed by atoms with Gasteiger partial charge in [-0.1, -0.05) is 19.8 Å². The van der Waals surface area contributed by atoms with Crippen LogP contribution in [0.3, 0.4) is 0 Å². The largest absolute Gasteiger partial charge is 0.380 e. The fourth-order valence-corrected chi connectivity index (χ4v) is 3.88. The summed E-state index contributed by atoms with van der Waals surface area (Å²) in [6, 6.07) is 0. The first-order valence-electron chi connectivity index (χ1n) is 5.18. The molecule has 0 aliphatic carbocycles. The predicted molar refractivity (Wildman–Crippen MR) is 56.6 cm³/mol. The lowest BCUT2D eigenvalue weighted by Gasteiger charge is -2.23. The molecule has 0 unspecified atom stereocenters. The second-order valence-electron chi connectivity index (χ2n) is 4.63. The van der Waals surface area contributed by atoms with Crippen LogP contribution in [0.25, 0.3) is 0 Å². The molecule has 0 radical (unpaired) electrons. The van der Waals surface area contributed by atoms with E-state index in [0.717, 1.165) is 0 Å². The zero-order valence-electron chi connectivity index (χ0n) is 8.84. The van der Waals surface area contributed by atoms with E-state index in [1.807, 2.05) is 0 Å². The first-order valence-corrected chi connectivity index (χ1v) is 6.45. The minimum absolute atomic E-state index is 0.0280. The lowest BCUT2D eigenvalue weighted by molar-refractivity contribution is -0.771. The van der Waals surface area contributed by atoms with Crippen LogP contribution in [-0.2, 0) is 0 Å². The molecule has 0 atom stereocenters. The van der Waals surface area contributed by atoms with Crippen molar-refractivity contribution in [3.63, 3.8) is 0 Å². The molecule has 3 heteroatoms. The summed E-state index contributed by atoms with van der Waals surface area (Å²) >= 11 is 0. The fourth-order valence-electron chi connectivity index (χ4n) is 1.86. The highest BCUT2D eigenvalue weighted by molar-refractivity contribution is 6.23. The average molecular weight is 187 g/mol. The number of hydrogen-bond donors (Lipinski definition) is 0. The van der Waals surface area contributed by atoms with Crippen LogP contribution in [-0.4, -0.2) is 52.3 Å². The Morgan fingerprint density at radius 2 is 2.08 bits per heavy atom. The summed E-state index contributed by atoms with van der Waals surface area (Å²) in [7, 11) is 4.79. The number of hydrogen-bond acceptors (Lipinski definition) is 1. The molecule has 1 aliphatic rings. The van der Waals surface area contributed by atoms with Gasteiger partial charge in [-0.2, -0.15) is 0 Å². The summed E-state index contributed by atoms with van der Waals surface area (Å²) in [5, 5.41) is 0.